The van der Waals surface area contributed by atoms with Crippen LogP contribution in [0.5, 0.6) is 0 Å². The van der Waals surface area contributed by atoms with E-state index in [0.29, 0.717) is 23.6 Å². The summed E-state index contributed by atoms with van der Waals surface area (Å²) in [6, 6.07) is 4.15. The van der Waals surface area contributed by atoms with Gasteiger partial charge in [-0.2, -0.15) is 0 Å². The summed E-state index contributed by atoms with van der Waals surface area (Å²) < 4.78 is 36.3. The maximum Gasteiger partial charge on any atom is 0.147 e. The highest BCUT2D eigenvalue weighted by atomic mass is 35.5. The van der Waals surface area contributed by atoms with Gasteiger partial charge >= 0.3 is 0 Å². The maximum atomic E-state index is 13.9. The summed E-state index contributed by atoms with van der Waals surface area (Å²) in [5, 5.41) is 3.50. The van der Waals surface area contributed by atoms with Gasteiger partial charge in [-0.1, -0.05) is 24.6 Å². The molecule has 0 radical (unpaired) electrons. The van der Waals surface area contributed by atoms with Crippen LogP contribution in [0, 0.1) is 5.82 Å². The molecule has 1 atom stereocenters. The van der Waals surface area contributed by atoms with Crippen molar-refractivity contribution in [3.63, 3.8) is 0 Å². The van der Waals surface area contributed by atoms with Crippen LogP contribution in [0.15, 0.2) is 18.2 Å². The van der Waals surface area contributed by atoms with E-state index in [9.17, 15) is 12.8 Å². The topological polar surface area (TPSA) is 46.2 Å². The Bertz CT molecular complexity index is 519. The van der Waals surface area contributed by atoms with Crippen molar-refractivity contribution in [2.45, 2.75) is 25.8 Å². The number of rotatable bonds is 7. The third-order valence-corrected chi connectivity index (χ3v) is 3.97. The first kappa shape index (κ1) is 16.4. The molecule has 0 spiro atoms. The molecule has 108 valence electrons. The Balaban J connectivity index is 2.88. The van der Waals surface area contributed by atoms with Gasteiger partial charge in [-0.3, -0.25) is 0 Å². The van der Waals surface area contributed by atoms with E-state index >= 15 is 0 Å². The summed E-state index contributed by atoms with van der Waals surface area (Å²) >= 11 is 5.72. The predicted molar refractivity (Wildman–Crippen MR) is 76.8 cm³/mol. The molecule has 19 heavy (non-hydrogen) atoms. The SMILES string of the molecule is CCCNC(CCS(C)(=O)=O)c1ccc(Cl)cc1F. The highest BCUT2D eigenvalue weighted by Gasteiger charge is 2.17. The summed E-state index contributed by atoms with van der Waals surface area (Å²) in [6.45, 7) is 2.70. The van der Waals surface area contributed by atoms with Crippen molar-refractivity contribution in [3.05, 3.63) is 34.6 Å². The molecule has 0 bridgehead atoms. The van der Waals surface area contributed by atoms with Crippen molar-refractivity contribution in [1.82, 2.24) is 5.32 Å². The van der Waals surface area contributed by atoms with Crippen molar-refractivity contribution in [2.75, 3.05) is 18.6 Å². The van der Waals surface area contributed by atoms with Crippen LogP contribution < -0.4 is 5.32 Å². The van der Waals surface area contributed by atoms with E-state index in [0.717, 1.165) is 6.42 Å². The second-order valence-corrected chi connectivity index (χ2v) is 7.29. The number of halogens is 2. The summed E-state index contributed by atoms with van der Waals surface area (Å²) in [4.78, 5) is 0. The molecule has 1 aromatic carbocycles. The zero-order valence-electron chi connectivity index (χ0n) is 11.1. The monoisotopic (exact) mass is 307 g/mol. The van der Waals surface area contributed by atoms with E-state index in [-0.39, 0.29) is 11.8 Å². The predicted octanol–water partition coefficient (Wildman–Crippen LogP) is 2.95. The highest BCUT2D eigenvalue weighted by Crippen LogP contribution is 2.23. The zero-order valence-corrected chi connectivity index (χ0v) is 12.7. The van der Waals surface area contributed by atoms with E-state index in [4.69, 9.17) is 11.6 Å². The molecule has 0 aliphatic rings. The van der Waals surface area contributed by atoms with Crippen LogP contribution >= 0.6 is 11.6 Å². The molecular formula is C13H19ClFNO2S. The van der Waals surface area contributed by atoms with Gasteiger partial charge in [0.15, 0.2) is 0 Å². The molecule has 1 unspecified atom stereocenters. The molecule has 0 aromatic heterocycles. The summed E-state index contributed by atoms with van der Waals surface area (Å²) in [5.41, 5.74) is 0.460. The van der Waals surface area contributed by atoms with Crippen LogP contribution in [0.1, 0.15) is 31.4 Å². The molecule has 0 aliphatic carbocycles. The van der Waals surface area contributed by atoms with Crippen LogP contribution in [0.4, 0.5) is 4.39 Å². The van der Waals surface area contributed by atoms with Crippen molar-refractivity contribution in [3.8, 4) is 0 Å². The first-order valence-electron chi connectivity index (χ1n) is 6.19. The Morgan fingerprint density at radius 1 is 1.42 bits per heavy atom. The lowest BCUT2D eigenvalue weighted by molar-refractivity contribution is 0.486. The third kappa shape index (κ3) is 5.89. The molecule has 1 aromatic rings. The third-order valence-electron chi connectivity index (χ3n) is 2.76. The van der Waals surface area contributed by atoms with Gasteiger partial charge in [-0.25, -0.2) is 12.8 Å². The second-order valence-electron chi connectivity index (χ2n) is 4.59. The van der Waals surface area contributed by atoms with Crippen LogP contribution in [0.2, 0.25) is 5.02 Å². The summed E-state index contributed by atoms with van der Waals surface area (Å²) in [5.74, 6) is -0.384. The highest BCUT2D eigenvalue weighted by molar-refractivity contribution is 7.90. The number of sulfone groups is 1. The molecule has 0 heterocycles. The van der Waals surface area contributed by atoms with Gasteiger partial charge in [0.2, 0.25) is 0 Å². The molecule has 0 amide bonds. The van der Waals surface area contributed by atoms with E-state index in [1.54, 1.807) is 12.1 Å². The minimum Gasteiger partial charge on any atom is -0.310 e. The maximum absolute atomic E-state index is 13.9. The summed E-state index contributed by atoms with van der Waals surface area (Å²) in [7, 11) is -3.06. The van der Waals surface area contributed by atoms with E-state index in [1.165, 1.54) is 12.3 Å². The quantitative estimate of drug-likeness (QED) is 0.842. The molecular weight excluding hydrogens is 289 g/mol. The molecule has 6 heteroatoms. The van der Waals surface area contributed by atoms with Crippen molar-refractivity contribution < 1.29 is 12.8 Å². The van der Waals surface area contributed by atoms with Crippen molar-refractivity contribution >= 4 is 21.4 Å². The smallest absolute Gasteiger partial charge is 0.147 e. The molecule has 0 aliphatic heterocycles. The molecule has 0 fully saturated rings. The average Bonchev–Trinajstić information content (AvgIpc) is 2.29. The lowest BCUT2D eigenvalue weighted by atomic mass is 10.0. The molecule has 1 N–H and O–H groups in total. The Hall–Kier alpha value is -0.650. The lowest BCUT2D eigenvalue weighted by Crippen LogP contribution is -2.25. The van der Waals surface area contributed by atoms with Crippen LogP contribution in [-0.4, -0.2) is 27.0 Å². The van der Waals surface area contributed by atoms with Gasteiger partial charge < -0.3 is 5.32 Å². The fourth-order valence-electron chi connectivity index (χ4n) is 1.80. The second kappa shape index (κ2) is 7.22. The molecule has 0 saturated carbocycles. The Morgan fingerprint density at radius 2 is 2.11 bits per heavy atom. The van der Waals surface area contributed by atoms with E-state index in [1.807, 2.05) is 6.92 Å². The summed E-state index contributed by atoms with van der Waals surface area (Å²) in [6.07, 6.45) is 2.42. The molecule has 3 nitrogen and oxygen atoms in total. The molecule has 1 rings (SSSR count). The van der Waals surface area contributed by atoms with Gasteiger partial charge in [0.05, 0.1) is 5.75 Å². The Morgan fingerprint density at radius 3 is 2.63 bits per heavy atom. The fourth-order valence-corrected chi connectivity index (χ4v) is 2.62. The standard InChI is InChI=1S/C13H19ClFNO2S/c1-3-7-16-13(6-8-19(2,17)18)11-5-4-10(14)9-12(11)15/h4-5,9,13,16H,3,6-8H2,1-2H3. The van der Waals surface area contributed by atoms with Crippen LogP contribution in [0.3, 0.4) is 0 Å². The Labute approximate surface area is 119 Å². The lowest BCUT2D eigenvalue weighted by Gasteiger charge is -2.19. The van der Waals surface area contributed by atoms with E-state index < -0.39 is 15.7 Å². The number of hydrogen-bond acceptors (Lipinski definition) is 3. The number of nitrogens with one attached hydrogen (secondary N) is 1. The van der Waals surface area contributed by atoms with Gasteiger partial charge in [-0.15, -0.1) is 0 Å². The van der Waals surface area contributed by atoms with Gasteiger partial charge in [0, 0.05) is 22.9 Å². The van der Waals surface area contributed by atoms with Gasteiger partial charge in [0.1, 0.15) is 15.7 Å². The van der Waals surface area contributed by atoms with Gasteiger partial charge in [0.25, 0.3) is 0 Å². The fraction of sp³-hybridized carbons (Fsp3) is 0.538. The minimum atomic E-state index is -3.06. The van der Waals surface area contributed by atoms with Crippen LogP contribution in [0.25, 0.3) is 0 Å². The first-order valence-corrected chi connectivity index (χ1v) is 8.63. The molecule has 0 saturated heterocycles. The number of benzene rings is 1. The normalized spacial score (nSPS) is 13.5. The largest absolute Gasteiger partial charge is 0.310 e. The average molecular weight is 308 g/mol. The van der Waals surface area contributed by atoms with E-state index in [2.05, 4.69) is 5.32 Å². The Kier molecular flexibility index (Phi) is 6.23. The zero-order chi connectivity index (χ0) is 14.5. The first-order chi connectivity index (χ1) is 8.83. The number of hydrogen-bond donors (Lipinski definition) is 1. The van der Waals surface area contributed by atoms with Crippen LogP contribution in [-0.2, 0) is 9.84 Å². The van der Waals surface area contributed by atoms with Crippen molar-refractivity contribution in [1.29, 1.82) is 0 Å². The van der Waals surface area contributed by atoms with Gasteiger partial charge in [-0.05, 0) is 31.5 Å². The minimum absolute atomic E-state index is 0.0243. The van der Waals surface area contributed by atoms with Crippen molar-refractivity contribution in [2.24, 2.45) is 0 Å².